The standard InChI is InChI=1S/C30H41N6O.C10H12O.2ClH.Ru/c1-20-13-22(3)29(23(4)14-20)34-18-27(36(19-34)30-24(5)15-21(2)16-25(30)6)26-17-35(33-32-26)12-10-8-9-11-28(37)31-7;1-8(2)11-10-7-5-4-6-9(10)3;;;/h13-17,19,27H,8-12,18H2,1-7H3,(H,31,37);3-8H,1-2H3;2*1H;/q-1;;;;+2/p-2. The molecule has 51 heavy (non-hydrogen) atoms. The number of hydrogen-bond acceptors (Lipinski definition) is 6. The number of carbonyl (C=O) groups excluding carboxylic acids is 1. The van der Waals surface area contributed by atoms with Gasteiger partial charge in [-0.3, -0.25) is 9.48 Å². The third-order valence-electron chi connectivity index (χ3n) is 8.72. The maximum absolute atomic E-state index is 11.4. The van der Waals surface area contributed by atoms with Gasteiger partial charge in [0.05, 0.1) is 12.2 Å². The van der Waals surface area contributed by atoms with Crippen molar-refractivity contribution in [1.82, 2.24) is 20.3 Å². The molecule has 1 atom stereocenters. The molecule has 1 unspecified atom stereocenters. The zero-order valence-electron chi connectivity index (χ0n) is 31.4. The van der Waals surface area contributed by atoms with E-state index in [1.807, 2.05) is 47.4 Å². The summed E-state index contributed by atoms with van der Waals surface area (Å²) in [5.74, 6) is 0.952. The van der Waals surface area contributed by atoms with Crippen LogP contribution in [0.2, 0.25) is 0 Å². The maximum atomic E-state index is 11.4. The minimum Gasteiger partial charge on any atom is -0.501 e. The second-order valence-corrected chi connectivity index (χ2v) is 19.3. The van der Waals surface area contributed by atoms with E-state index in [0.29, 0.717) is 6.42 Å². The van der Waals surface area contributed by atoms with Crippen molar-refractivity contribution in [2.24, 2.45) is 0 Å². The predicted molar refractivity (Wildman–Crippen MR) is 210 cm³/mol. The molecule has 1 saturated heterocycles. The van der Waals surface area contributed by atoms with E-state index in [1.54, 1.807) is 7.05 Å². The molecule has 0 aliphatic carbocycles. The molecular weight excluding hydrogens is 768 g/mol. The van der Waals surface area contributed by atoms with Crippen LogP contribution in [0.5, 0.6) is 5.75 Å². The summed E-state index contributed by atoms with van der Waals surface area (Å²) in [4.78, 5) is 16.2. The van der Waals surface area contributed by atoms with Crippen LogP contribution >= 0.6 is 19.4 Å². The van der Waals surface area contributed by atoms with Gasteiger partial charge in [-0.25, -0.2) is 0 Å². The number of ether oxygens (including phenoxy) is 1. The number of nitrogens with one attached hydrogen (secondary N) is 1. The number of carbonyl (C=O) groups is 1. The fourth-order valence-corrected chi connectivity index (χ4v) is 8.61. The number of unbranched alkanes of at least 4 members (excludes halogenated alkanes) is 2. The van der Waals surface area contributed by atoms with E-state index in [-0.39, 0.29) is 18.1 Å². The third-order valence-corrected chi connectivity index (χ3v) is 10.6. The second-order valence-electron chi connectivity index (χ2n) is 13.6. The average Bonchev–Trinajstić information content (AvgIpc) is 3.68. The molecular formula is C40H53Cl2N6O2Ru-. The predicted octanol–water partition coefficient (Wildman–Crippen LogP) is 9.17. The maximum Gasteiger partial charge on any atom is 0.219 e. The zero-order valence-corrected chi connectivity index (χ0v) is 34.7. The second kappa shape index (κ2) is 19.0. The quantitative estimate of drug-likeness (QED) is 0.0874. The van der Waals surface area contributed by atoms with E-state index in [2.05, 4.69) is 104 Å². The SMILES string of the molecule is CC(C)Oc1ccccc1[CH]=[Ru]([Cl])[Cl].CNC(=O)CCCCCn1cc(C2CN(c3c(C)cc(C)cc3C)[CH-]N2c2c(C)cc(C)cc2C)nn1. The summed E-state index contributed by atoms with van der Waals surface area (Å²) >= 11 is -1.77. The molecule has 1 fully saturated rings. The first-order valence-electron chi connectivity index (χ1n) is 17.5. The monoisotopic (exact) mass is 821 g/mol. The Morgan fingerprint density at radius 2 is 1.57 bits per heavy atom. The van der Waals surface area contributed by atoms with Crippen molar-refractivity contribution in [3.63, 3.8) is 0 Å². The third kappa shape index (κ3) is 11.4. The van der Waals surface area contributed by atoms with Crippen molar-refractivity contribution in [3.8, 4) is 5.75 Å². The Morgan fingerprint density at radius 1 is 0.961 bits per heavy atom. The van der Waals surface area contributed by atoms with Crippen LogP contribution in [0.4, 0.5) is 11.4 Å². The summed E-state index contributed by atoms with van der Waals surface area (Å²) in [5, 5.41) is 11.8. The van der Waals surface area contributed by atoms with Crippen LogP contribution in [0.1, 0.15) is 90.2 Å². The Hall–Kier alpha value is -3.26. The van der Waals surface area contributed by atoms with E-state index in [4.69, 9.17) is 24.1 Å². The fourth-order valence-electron chi connectivity index (χ4n) is 6.80. The first-order chi connectivity index (χ1) is 24.3. The molecule has 8 nitrogen and oxygen atoms in total. The van der Waals surface area contributed by atoms with Gasteiger partial charge in [-0.05, 0) is 76.6 Å². The largest absolute Gasteiger partial charge is 0.501 e. The van der Waals surface area contributed by atoms with Gasteiger partial charge in [0, 0.05) is 37.9 Å². The first-order valence-corrected chi connectivity index (χ1v) is 23.0. The molecule has 5 rings (SSSR count). The molecule has 1 aromatic heterocycles. The van der Waals surface area contributed by atoms with E-state index in [9.17, 15) is 4.79 Å². The van der Waals surface area contributed by atoms with Crippen LogP contribution in [-0.2, 0) is 24.9 Å². The number of hydrogen-bond donors (Lipinski definition) is 1. The van der Waals surface area contributed by atoms with Gasteiger partial charge in [0.2, 0.25) is 5.91 Å². The van der Waals surface area contributed by atoms with Crippen LogP contribution < -0.4 is 19.9 Å². The van der Waals surface area contributed by atoms with Gasteiger partial charge in [-0.2, -0.15) is 6.67 Å². The van der Waals surface area contributed by atoms with Crippen molar-refractivity contribution in [1.29, 1.82) is 0 Å². The number of halogens is 2. The van der Waals surface area contributed by atoms with Crippen LogP contribution in [0.25, 0.3) is 0 Å². The summed E-state index contributed by atoms with van der Waals surface area (Å²) in [5.41, 5.74) is 12.1. The van der Waals surface area contributed by atoms with Crippen molar-refractivity contribution >= 4 is 41.3 Å². The molecule has 11 heteroatoms. The Bertz CT molecular complexity index is 1770. The number of aromatic nitrogens is 3. The molecule has 1 N–H and O–H groups in total. The van der Waals surface area contributed by atoms with E-state index in [0.717, 1.165) is 49.4 Å². The molecule has 2 heterocycles. The molecule has 4 aromatic rings. The zero-order chi connectivity index (χ0) is 37.2. The van der Waals surface area contributed by atoms with Gasteiger partial charge in [-0.15, -0.1) is 5.10 Å². The number of aryl methyl sites for hydroxylation is 7. The van der Waals surface area contributed by atoms with Gasteiger partial charge in [-0.1, -0.05) is 47.0 Å². The van der Waals surface area contributed by atoms with Gasteiger partial charge in [0.15, 0.2) is 0 Å². The van der Waals surface area contributed by atoms with E-state index >= 15 is 0 Å². The first kappa shape index (κ1) is 40.5. The Kier molecular flexibility index (Phi) is 15.1. The van der Waals surface area contributed by atoms with Crippen molar-refractivity contribution < 1.29 is 23.0 Å². The van der Waals surface area contributed by atoms with Gasteiger partial charge < -0.3 is 15.1 Å². The van der Waals surface area contributed by atoms with Crippen LogP contribution in [-0.4, -0.2) is 45.2 Å². The molecule has 0 spiro atoms. The number of benzene rings is 3. The molecule has 0 bridgehead atoms. The van der Waals surface area contributed by atoms with Gasteiger partial charge in [0.1, 0.15) is 5.69 Å². The molecule has 1 aliphatic rings. The van der Waals surface area contributed by atoms with Crippen LogP contribution in [0.15, 0.2) is 54.7 Å². The van der Waals surface area contributed by atoms with E-state index < -0.39 is 13.5 Å². The number of amides is 1. The molecule has 3 aromatic carbocycles. The Balaban J connectivity index is 0.000000349. The smallest absolute Gasteiger partial charge is 0.219 e. The minimum absolute atomic E-state index is 0.0576. The number of para-hydroxylation sites is 1. The summed E-state index contributed by atoms with van der Waals surface area (Å²) in [6, 6.07) is 16.9. The number of rotatable bonds is 12. The molecule has 0 saturated carbocycles. The molecule has 0 radical (unpaired) electrons. The van der Waals surface area contributed by atoms with Crippen molar-refractivity contribution in [2.75, 3.05) is 23.4 Å². The minimum atomic E-state index is -1.77. The normalized spacial score (nSPS) is 14.4. The number of anilines is 2. The molecule has 278 valence electrons. The van der Waals surface area contributed by atoms with E-state index in [1.165, 1.54) is 44.8 Å². The van der Waals surface area contributed by atoms with Gasteiger partial charge in [0.25, 0.3) is 0 Å². The summed E-state index contributed by atoms with van der Waals surface area (Å²) in [6.45, 7) is 21.0. The van der Waals surface area contributed by atoms with Crippen molar-refractivity contribution in [2.45, 2.75) is 99.8 Å². The summed E-state index contributed by atoms with van der Waals surface area (Å²) < 4.78 is 9.47. The van der Waals surface area contributed by atoms with Crippen molar-refractivity contribution in [3.05, 3.63) is 106 Å². The number of nitrogens with zero attached hydrogens (tertiary/aromatic N) is 5. The molecule has 1 amide bonds. The fraction of sp³-hybridized carbons (Fsp3) is 0.425. The Morgan fingerprint density at radius 3 is 2.16 bits per heavy atom. The Labute approximate surface area is 318 Å². The van der Waals surface area contributed by atoms with Crippen LogP contribution in [0.3, 0.4) is 0 Å². The average molecular weight is 822 g/mol. The topological polar surface area (TPSA) is 75.5 Å². The molecule has 1 aliphatic heterocycles. The summed E-state index contributed by atoms with van der Waals surface area (Å²) in [7, 11) is 13.3. The van der Waals surface area contributed by atoms with Gasteiger partial charge >= 0.3 is 97.8 Å². The summed E-state index contributed by atoms with van der Waals surface area (Å²) in [6.07, 6.45) is 5.70. The van der Waals surface area contributed by atoms with Crippen LogP contribution in [0, 0.1) is 48.2 Å².